The Kier molecular flexibility index (Phi) is 8.02. The van der Waals surface area contributed by atoms with Gasteiger partial charge in [0, 0.05) is 73.8 Å². The highest BCUT2D eigenvalue weighted by Gasteiger charge is 2.34. The molecule has 12 heteroatoms. The lowest BCUT2D eigenvalue weighted by molar-refractivity contribution is -0.138. The summed E-state index contributed by atoms with van der Waals surface area (Å²) in [5, 5.41) is 6.72. The van der Waals surface area contributed by atoms with Crippen molar-refractivity contribution in [3.63, 3.8) is 0 Å². The molecule has 0 unspecified atom stereocenters. The van der Waals surface area contributed by atoms with Gasteiger partial charge in [0.15, 0.2) is 5.82 Å². The molecule has 1 saturated heterocycles. The van der Waals surface area contributed by atoms with E-state index in [2.05, 4.69) is 30.5 Å². The zero-order valence-electron chi connectivity index (χ0n) is 24.2. The van der Waals surface area contributed by atoms with E-state index in [-0.39, 0.29) is 23.4 Å². The topological polar surface area (TPSA) is 102 Å². The molecule has 1 fully saturated rings. The predicted molar refractivity (Wildman–Crippen MR) is 164 cm³/mol. The van der Waals surface area contributed by atoms with E-state index in [1.807, 2.05) is 31.0 Å². The first-order chi connectivity index (χ1) is 21.1. The maximum atomic E-state index is 14.1. The molecule has 0 bridgehead atoms. The van der Waals surface area contributed by atoms with E-state index in [4.69, 9.17) is 4.98 Å². The lowest BCUT2D eigenvalue weighted by Gasteiger charge is -2.33. The summed E-state index contributed by atoms with van der Waals surface area (Å²) >= 11 is 0. The van der Waals surface area contributed by atoms with Crippen LogP contribution >= 0.6 is 0 Å². The van der Waals surface area contributed by atoms with E-state index in [1.54, 1.807) is 42.9 Å². The molecule has 6 rings (SSSR count). The summed E-state index contributed by atoms with van der Waals surface area (Å²) in [6.45, 7) is 5.10. The van der Waals surface area contributed by atoms with Crippen LogP contribution < -0.4 is 10.6 Å². The highest BCUT2D eigenvalue weighted by atomic mass is 19.4. The molecule has 9 nitrogen and oxygen atoms in total. The number of halogens is 3. The summed E-state index contributed by atoms with van der Waals surface area (Å²) in [6, 6.07) is 14.6. The molecule has 0 saturated carbocycles. The number of nitrogens with one attached hydrogen (secondary N) is 3. The van der Waals surface area contributed by atoms with E-state index in [1.165, 1.54) is 12.1 Å². The van der Waals surface area contributed by atoms with Gasteiger partial charge in [-0.25, -0.2) is 9.97 Å². The molecule has 3 N–H and O–H groups in total. The maximum absolute atomic E-state index is 14.1. The number of likely N-dealkylation sites (N-methyl/N-ethyl adjacent to an activating group) is 1. The van der Waals surface area contributed by atoms with Gasteiger partial charge in [-0.15, -0.1) is 0 Å². The van der Waals surface area contributed by atoms with Crippen LogP contribution in [0.5, 0.6) is 0 Å². The Morgan fingerprint density at radius 1 is 1.02 bits per heavy atom. The third-order valence-corrected chi connectivity index (χ3v) is 7.75. The second-order valence-electron chi connectivity index (χ2n) is 10.9. The molecule has 2 aromatic carbocycles. The number of pyridine rings is 1. The fourth-order valence-corrected chi connectivity index (χ4v) is 5.19. The molecule has 1 aliphatic rings. The Morgan fingerprint density at radius 2 is 1.84 bits per heavy atom. The largest absolute Gasteiger partial charge is 0.416 e. The summed E-state index contributed by atoms with van der Waals surface area (Å²) < 4.78 is 42.2. The molecular formula is C32H31F3N8O. The third kappa shape index (κ3) is 6.41. The number of amides is 1. The normalized spacial score (nSPS) is 14.6. The fourth-order valence-electron chi connectivity index (χ4n) is 5.19. The Morgan fingerprint density at radius 3 is 2.59 bits per heavy atom. The van der Waals surface area contributed by atoms with Crippen molar-refractivity contribution in [1.29, 1.82) is 0 Å². The molecule has 0 spiro atoms. The number of nitrogens with zero attached hydrogens (tertiary/aromatic N) is 5. The number of aromatic amines is 1. The zero-order chi connectivity index (χ0) is 30.8. The van der Waals surface area contributed by atoms with E-state index in [0.29, 0.717) is 36.1 Å². The predicted octanol–water partition coefficient (Wildman–Crippen LogP) is 6.09. The Hall–Kier alpha value is -4.81. The van der Waals surface area contributed by atoms with Crippen LogP contribution in [0.4, 0.5) is 30.4 Å². The first-order valence-corrected chi connectivity index (χ1v) is 14.2. The Labute approximate surface area is 252 Å². The number of alkyl halides is 3. The van der Waals surface area contributed by atoms with Gasteiger partial charge in [0.25, 0.3) is 5.91 Å². The number of fused-ring (bicyclic) bond motifs is 1. The number of rotatable bonds is 7. The van der Waals surface area contributed by atoms with Crippen LogP contribution in [-0.4, -0.2) is 68.9 Å². The van der Waals surface area contributed by atoms with Crippen LogP contribution in [-0.2, 0) is 12.7 Å². The molecule has 44 heavy (non-hydrogen) atoms. The molecule has 0 aliphatic carbocycles. The molecule has 3 aromatic heterocycles. The zero-order valence-corrected chi connectivity index (χ0v) is 24.2. The number of aryl methyl sites for hydroxylation is 1. The van der Waals surface area contributed by atoms with Crippen molar-refractivity contribution >= 4 is 34.1 Å². The molecule has 1 aliphatic heterocycles. The standard InChI is InChI=1S/C32H31F3N8O/c1-20-5-6-21(16-27(20)39-30-25-9-11-37-29(25)40-28(41-30)22-4-3-10-36-18-22)31(44)38-24-8-7-23(26(17-24)32(33,34)35)19-43-14-12-42(2)13-15-43/h3-11,16-18H,12-15,19H2,1-2H3,(H,38,44)(H2,37,39,40,41). The molecule has 0 atom stereocenters. The second-order valence-corrected chi connectivity index (χ2v) is 10.9. The van der Waals surface area contributed by atoms with Crippen LogP contribution in [0.1, 0.15) is 27.0 Å². The lowest BCUT2D eigenvalue weighted by Crippen LogP contribution is -2.44. The van der Waals surface area contributed by atoms with Gasteiger partial charge in [0.2, 0.25) is 0 Å². The average Bonchev–Trinajstić information content (AvgIpc) is 3.49. The van der Waals surface area contributed by atoms with Crippen LogP contribution in [0.2, 0.25) is 0 Å². The monoisotopic (exact) mass is 600 g/mol. The van der Waals surface area contributed by atoms with Gasteiger partial charge in [-0.3, -0.25) is 14.7 Å². The van der Waals surface area contributed by atoms with Crippen molar-refractivity contribution in [3.05, 3.63) is 95.4 Å². The summed E-state index contributed by atoms with van der Waals surface area (Å²) in [5.74, 6) is 0.471. The SMILES string of the molecule is Cc1ccc(C(=O)Nc2ccc(CN3CCN(C)CC3)c(C(F)(F)F)c2)cc1Nc1nc(-c2cccnc2)nc2[nH]ccc12. The van der Waals surface area contributed by atoms with Crippen molar-refractivity contribution in [1.82, 2.24) is 29.7 Å². The van der Waals surface area contributed by atoms with E-state index >= 15 is 0 Å². The molecule has 1 amide bonds. The van der Waals surface area contributed by atoms with Gasteiger partial charge >= 0.3 is 6.18 Å². The number of carbonyl (C=O) groups is 1. The first-order valence-electron chi connectivity index (χ1n) is 14.2. The van der Waals surface area contributed by atoms with Crippen LogP contribution in [0, 0.1) is 6.92 Å². The number of hydrogen-bond donors (Lipinski definition) is 3. The van der Waals surface area contributed by atoms with Gasteiger partial charge in [-0.05, 0) is 67.6 Å². The fraction of sp³-hybridized carbons (Fsp3) is 0.250. The second kappa shape index (κ2) is 12.1. The number of piperazine rings is 1. The van der Waals surface area contributed by atoms with Crippen LogP contribution in [0.3, 0.4) is 0 Å². The van der Waals surface area contributed by atoms with E-state index < -0.39 is 17.6 Å². The number of hydrogen-bond acceptors (Lipinski definition) is 7. The lowest BCUT2D eigenvalue weighted by atomic mass is 10.0. The van der Waals surface area contributed by atoms with Crippen molar-refractivity contribution in [3.8, 4) is 11.4 Å². The molecular weight excluding hydrogens is 569 g/mol. The average molecular weight is 601 g/mol. The molecule has 5 aromatic rings. The van der Waals surface area contributed by atoms with Gasteiger partial charge in [-0.2, -0.15) is 13.2 Å². The molecule has 226 valence electrons. The van der Waals surface area contributed by atoms with E-state index in [0.717, 1.165) is 35.7 Å². The number of anilines is 3. The van der Waals surface area contributed by atoms with Gasteiger partial charge in [0.1, 0.15) is 11.5 Å². The number of carbonyl (C=O) groups excluding carboxylic acids is 1. The van der Waals surface area contributed by atoms with Crippen LogP contribution in [0.15, 0.2) is 73.2 Å². The molecule has 4 heterocycles. The highest BCUT2D eigenvalue weighted by Crippen LogP contribution is 2.35. The van der Waals surface area contributed by atoms with Gasteiger partial charge < -0.3 is 20.5 Å². The van der Waals surface area contributed by atoms with Crippen molar-refractivity contribution in [2.45, 2.75) is 19.6 Å². The minimum absolute atomic E-state index is 0.0745. The van der Waals surface area contributed by atoms with Crippen molar-refractivity contribution < 1.29 is 18.0 Å². The minimum Gasteiger partial charge on any atom is -0.346 e. The van der Waals surface area contributed by atoms with E-state index in [9.17, 15) is 18.0 Å². The first kappa shape index (κ1) is 29.3. The summed E-state index contributed by atoms with van der Waals surface area (Å²) in [5.41, 5.74) is 2.63. The summed E-state index contributed by atoms with van der Waals surface area (Å²) in [4.78, 5) is 34.0. The Bertz CT molecular complexity index is 1800. The van der Waals surface area contributed by atoms with Gasteiger partial charge in [0.05, 0.1) is 10.9 Å². The van der Waals surface area contributed by atoms with Crippen molar-refractivity contribution in [2.24, 2.45) is 0 Å². The minimum atomic E-state index is -4.56. The maximum Gasteiger partial charge on any atom is 0.416 e. The number of benzene rings is 2. The third-order valence-electron chi connectivity index (χ3n) is 7.75. The number of H-pyrrole nitrogens is 1. The smallest absolute Gasteiger partial charge is 0.346 e. The van der Waals surface area contributed by atoms with Crippen LogP contribution in [0.25, 0.3) is 22.4 Å². The highest BCUT2D eigenvalue weighted by molar-refractivity contribution is 6.05. The Balaban J connectivity index is 1.24. The number of aromatic nitrogens is 4. The van der Waals surface area contributed by atoms with Crippen molar-refractivity contribution in [2.75, 3.05) is 43.9 Å². The van der Waals surface area contributed by atoms with Gasteiger partial charge in [-0.1, -0.05) is 12.1 Å². The molecule has 0 radical (unpaired) electrons. The summed E-state index contributed by atoms with van der Waals surface area (Å²) in [7, 11) is 2.00. The summed E-state index contributed by atoms with van der Waals surface area (Å²) in [6.07, 6.45) is 0.551. The quantitative estimate of drug-likeness (QED) is 0.208.